The minimum atomic E-state index is 0.0191. The predicted octanol–water partition coefficient (Wildman–Crippen LogP) is 0.0350. The van der Waals surface area contributed by atoms with Gasteiger partial charge in [0, 0.05) is 23.7 Å². The molecule has 4 N–H and O–H groups in total. The highest BCUT2D eigenvalue weighted by Gasteiger charge is 2.26. The summed E-state index contributed by atoms with van der Waals surface area (Å²) < 4.78 is 0. The van der Waals surface area contributed by atoms with Gasteiger partial charge >= 0.3 is 0 Å². The number of amides is 1. The normalized spacial score (nSPS) is 36.5. The molecule has 0 bridgehead atoms. The third-order valence-electron chi connectivity index (χ3n) is 3.15. The van der Waals surface area contributed by atoms with Crippen LogP contribution in [0.1, 0.15) is 25.7 Å². The summed E-state index contributed by atoms with van der Waals surface area (Å²) in [6, 6.07) is 0.716. The largest absolute Gasteiger partial charge is 0.352 e. The molecule has 0 spiro atoms. The highest BCUT2D eigenvalue weighted by Crippen LogP contribution is 2.17. The molecule has 4 nitrogen and oxygen atoms in total. The second-order valence-corrected chi connectivity index (χ2v) is 5.42. The molecule has 2 rings (SSSR count). The van der Waals surface area contributed by atoms with Crippen LogP contribution >= 0.6 is 11.8 Å². The zero-order valence-corrected chi connectivity index (χ0v) is 9.69. The van der Waals surface area contributed by atoms with Crippen LogP contribution in [0.2, 0.25) is 0 Å². The zero-order chi connectivity index (χ0) is 10.7. The van der Waals surface area contributed by atoms with E-state index in [0.29, 0.717) is 12.1 Å². The summed E-state index contributed by atoms with van der Waals surface area (Å²) in [5.74, 6) is 1.96. The van der Waals surface area contributed by atoms with Crippen molar-refractivity contribution in [2.75, 3.05) is 11.6 Å². The Balaban J connectivity index is 1.74. The van der Waals surface area contributed by atoms with E-state index in [-0.39, 0.29) is 11.9 Å². The van der Waals surface area contributed by atoms with Crippen LogP contribution in [0.4, 0.5) is 0 Å². The molecule has 2 aliphatic rings. The van der Waals surface area contributed by atoms with E-state index < -0.39 is 0 Å². The van der Waals surface area contributed by atoms with Crippen LogP contribution in [0.25, 0.3) is 0 Å². The van der Waals surface area contributed by atoms with E-state index in [2.05, 4.69) is 10.6 Å². The first-order valence-corrected chi connectivity index (χ1v) is 6.78. The van der Waals surface area contributed by atoms with Crippen molar-refractivity contribution in [1.82, 2.24) is 10.6 Å². The molecule has 1 saturated heterocycles. The molecule has 2 fully saturated rings. The third-order valence-corrected chi connectivity index (χ3v) is 4.09. The van der Waals surface area contributed by atoms with E-state index in [0.717, 1.165) is 37.3 Å². The molecule has 0 aromatic heterocycles. The van der Waals surface area contributed by atoms with Crippen LogP contribution in [0.5, 0.6) is 0 Å². The smallest absolute Gasteiger partial charge is 0.238 e. The average molecular weight is 229 g/mol. The van der Waals surface area contributed by atoms with Crippen molar-refractivity contribution in [2.24, 2.45) is 5.73 Å². The summed E-state index contributed by atoms with van der Waals surface area (Å²) in [6.45, 7) is 0. The summed E-state index contributed by atoms with van der Waals surface area (Å²) in [4.78, 5) is 11.8. The fraction of sp³-hybridized carbons (Fsp3) is 0.900. The maximum atomic E-state index is 11.8. The summed E-state index contributed by atoms with van der Waals surface area (Å²) in [5.41, 5.74) is 5.82. The molecule has 1 saturated carbocycles. The Hall–Kier alpha value is -0.260. The van der Waals surface area contributed by atoms with Crippen molar-refractivity contribution in [3.05, 3.63) is 0 Å². The molecule has 1 amide bonds. The van der Waals surface area contributed by atoms with Gasteiger partial charge in [-0.3, -0.25) is 10.1 Å². The number of nitrogens with two attached hydrogens (primary N) is 1. The van der Waals surface area contributed by atoms with Crippen LogP contribution in [0.3, 0.4) is 0 Å². The van der Waals surface area contributed by atoms with Crippen LogP contribution < -0.4 is 16.4 Å². The molecular formula is C10H19N3OS. The minimum Gasteiger partial charge on any atom is -0.352 e. The van der Waals surface area contributed by atoms with Crippen molar-refractivity contribution in [2.45, 2.75) is 43.8 Å². The molecule has 0 radical (unpaired) electrons. The van der Waals surface area contributed by atoms with Crippen LogP contribution in [0, 0.1) is 0 Å². The molecule has 1 aliphatic carbocycles. The third kappa shape index (κ3) is 3.09. The van der Waals surface area contributed by atoms with Crippen molar-refractivity contribution >= 4 is 17.7 Å². The second kappa shape index (κ2) is 5.18. The molecular weight excluding hydrogens is 210 g/mol. The fourth-order valence-electron chi connectivity index (χ4n) is 2.13. The first-order valence-electron chi connectivity index (χ1n) is 5.63. The Bertz CT molecular complexity index is 223. The van der Waals surface area contributed by atoms with Gasteiger partial charge in [0.1, 0.15) is 0 Å². The van der Waals surface area contributed by atoms with E-state index in [1.165, 1.54) is 0 Å². The number of hydrogen-bond donors (Lipinski definition) is 3. The molecule has 15 heavy (non-hydrogen) atoms. The highest BCUT2D eigenvalue weighted by atomic mass is 32.2. The molecule has 1 unspecified atom stereocenters. The summed E-state index contributed by atoms with van der Waals surface area (Å²) in [7, 11) is 0. The molecule has 1 atom stereocenters. The van der Waals surface area contributed by atoms with Gasteiger partial charge in [-0.05, 0) is 25.7 Å². The van der Waals surface area contributed by atoms with Gasteiger partial charge in [0.05, 0.1) is 6.04 Å². The molecule has 86 valence electrons. The number of thioether (sulfide) groups is 1. The van der Waals surface area contributed by atoms with Crippen LogP contribution in [-0.2, 0) is 4.79 Å². The Labute approximate surface area is 94.7 Å². The molecule has 0 aromatic rings. The van der Waals surface area contributed by atoms with Gasteiger partial charge in [-0.15, -0.1) is 11.8 Å². The molecule has 5 heteroatoms. The lowest BCUT2D eigenvalue weighted by Crippen LogP contribution is -2.48. The van der Waals surface area contributed by atoms with Crippen molar-refractivity contribution in [1.29, 1.82) is 0 Å². The Kier molecular flexibility index (Phi) is 3.88. The van der Waals surface area contributed by atoms with Gasteiger partial charge in [-0.25, -0.2) is 0 Å². The number of rotatable bonds is 2. The number of carbonyl (C=O) groups is 1. The van der Waals surface area contributed by atoms with Crippen molar-refractivity contribution in [3.8, 4) is 0 Å². The lowest BCUT2D eigenvalue weighted by molar-refractivity contribution is -0.123. The predicted molar refractivity (Wildman–Crippen MR) is 62.6 cm³/mol. The summed E-state index contributed by atoms with van der Waals surface area (Å²) in [6.07, 6.45) is 4.15. The first-order chi connectivity index (χ1) is 7.25. The van der Waals surface area contributed by atoms with Gasteiger partial charge in [-0.1, -0.05) is 0 Å². The van der Waals surface area contributed by atoms with Gasteiger partial charge < -0.3 is 11.1 Å². The quantitative estimate of drug-likeness (QED) is 0.625. The lowest BCUT2D eigenvalue weighted by atomic mass is 9.92. The first kappa shape index (κ1) is 11.2. The average Bonchev–Trinajstić information content (AvgIpc) is 2.74. The van der Waals surface area contributed by atoms with Crippen molar-refractivity contribution < 1.29 is 4.79 Å². The maximum absolute atomic E-state index is 11.8. The van der Waals surface area contributed by atoms with Crippen molar-refractivity contribution in [3.63, 3.8) is 0 Å². The van der Waals surface area contributed by atoms with Gasteiger partial charge in [-0.2, -0.15) is 0 Å². The topological polar surface area (TPSA) is 67.1 Å². The number of nitrogens with one attached hydrogen (secondary N) is 2. The molecule has 1 heterocycles. The van der Waals surface area contributed by atoms with Gasteiger partial charge in [0.2, 0.25) is 5.91 Å². The Morgan fingerprint density at radius 1 is 1.33 bits per heavy atom. The monoisotopic (exact) mass is 229 g/mol. The van der Waals surface area contributed by atoms with Crippen LogP contribution in [-0.4, -0.2) is 35.7 Å². The maximum Gasteiger partial charge on any atom is 0.238 e. The standard InChI is InChI=1S/C10H19N3OS/c11-7-1-3-8(4-2-7)13-10(14)9-5-15-6-12-9/h7-9,12H,1-6,11H2,(H,13,14). The zero-order valence-electron chi connectivity index (χ0n) is 8.87. The Morgan fingerprint density at radius 2 is 2.07 bits per heavy atom. The van der Waals surface area contributed by atoms with E-state index in [4.69, 9.17) is 5.73 Å². The number of carbonyl (C=O) groups excluding carboxylic acids is 1. The van der Waals surface area contributed by atoms with Crippen LogP contribution in [0.15, 0.2) is 0 Å². The van der Waals surface area contributed by atoms with E-state index in [1.54, 1.807) is 11.8 Å². The van der Waals surface area contributed by atoms with Gasteiger partial charge in [0.15, 0.2) is 0 Å². The summed E-state index contributed by atoms with van der Waals surface area (Å²) in [5, 5.41) is 6.29. The highest BCUT2D eigenvalue weighted by molar-refractivity contribution is 7.99. The lowest BCUT2D eigenvalue weighted by Gasteiger charge is -2.27. The second-order valence-electron chi connectivity index (χ2n) is 4.39. The fourth-order valence-corrected chi connectivity index (χ4v) is 3.07. The van der Waals surface area contributed by atoms with E-state index in [1.807, 2.05) is 0 Å². The Morgan fingerprint density at radius 3 is 2.67 bits per heavy atom. The number of hydrogen-bond acceptors (Lipinski definition) is 4. The SMILES string of the molecule is NC1CCC(NC(=O)C2CSCN2)CC1. The van der Waals surface area contributed by atoms with E-state index >= 15 is 0 Å². The molecule has 0 aromatic carbocycles. The molecule has 1 aliphatic heterocycles. The minimum absolute atomic E-state index is 0.0191. The van der Waals surface area contributed by atoms with E-state index in [9.17, 15) is 4.79 Å². The van der Waals surface area contributed by atoms with Gasteiger partial charge in [0.25, 0.3) is 0 Å². The summed E-state index contributed by atoms with van der Waals surface area (Å²) >= 11 is 1.78.